The first kappa shape index (κ1) is 35.5. The molecule has 1 aromatic heterocycles. The first-order valence-corrected chi connectivity index (χ1v) is 21.9. The molecule has 1 heterocycles. The summed E-state index contributed by atoms with van der Waals surface area (Å²) in [5.74, 6) is 0. The van der Waals surface area contributed by atoms with Crippen LogP contribution >= 0.6 is 0 Å². The molecule has 1 spiro atoms. The van der Waals surface area contributed by atoms with Gasteiger partial charge in [0.2, 0.25) is 0 Å². The van der Waals surface area contributed by atoms with Gasteiger partial charge in [-0.3, -0.25) is 0 Å². The maximum absolute atomic E-state index is 2.49. The van der Waals surface area contributed by atoms with Gasteiger partial charge in [-0.15, -0.1) is 0 Å². The van der Waals surface area contributed by atoms with Crippen molar-refractivity contribution in [1.29, 1.82) is 0 Å². The van der Waals surface area contributed by atoms with Crippen molar-refractivity contribution in [2.75, 3.05) is 4.90 Å². The van der Waals surface area contributed by atoms with Gasteiger partial charge in [-0.05, 0) is 116 Å². The van der Waals surface area contributed by atoms with Crippen LogP contribution in [0.15, 0.2) is 243 Å². The summed E-state index contributed by atoms with van der Waals surface area (Å²) in [6.45, 7) is 0. The standard InChI is InChI=1S/C61H40N2/c1-3-18-41(19-4-1)42-36-38-45(39-37-42)62(46-23-15-20-43(40-46)47-28-16-34-57-59(47)51-27-10-14-33-56(51)63(57)44-21-5-2-6-22-44)58-35-17-32-55-60(58)50-26-9-13-31-54(50)61(55)52-29-11-7-24-48(52)49-25-8-12-30-53(49)61/h1-40H. The summed E-state index contributed by atoms with van der Waals surface area (Å²) < 4.78 is 2.40. The van der Waals surface area contributed by atoms with Gasteiger partial charge in [0.1, 0.15) is 0 Å². The number of nitrogens with zero attached hydrogens (tertiary/aromatic N) is 2. The summed E-state index contributed by atoms with van der Waals surface area (Å²) >= 11 is 0. The Labute approximate surface area is 367 Å². The molecule has 10 aromatic carbocycles. The van der Waals surface area contributed by atoms with E-state index in [2.05, 4.69) is 252 Å². The van der Waals surface area contributed by atoms with E-state index in [0.29, 0.717) is 0 Å². The predicted molar refractivity (Wildman–Crippen MR) is 263 cm³/mol. The zero-order chi connectivity index (χ0) is 41.5. The average molecular weight is 801 g/mol. The van der Waals surface area contributed by atoms with Crippen molar-refractivity contribution in [3.8, 4) is 50.2 Å². The minimum Gasteiger partial charge on any atom is -0.310 e. The Hall–Kier alpha value is -8.20. The van der Waals surface area contributed by atoms with Gasteiger partial charge in [0.25, 0.3) is 0 Å². The number of anilines is 3. The third kappa shape index (κ3) is 5.13. The predicted octanol–water partition coefficient (Wildman–Crippen LogP) is 15.9. The fraction of sp³-hybridized carbons (Fsp3) is 0.0164. The van der Waals surface area contributed by atoms with Crippen molar-refractivity contribution < 1.29 is 0 Å². The molecule has 63 heavy (non-hydrogen) atoms. The molecule has 0 radical (unpaired) electrons. The highest BCUT2D eigenvalue weighted by Gasteiger charge is 2.52. The number of benzene rings is 10. The summed E-state index contributed by atoms with van der Waals surface area (Å²) in [6.07, 6.45) is 0. The van der Waals surface area contributed by atoms with Gasteiger partial charge in [0.15, 0.2) is 0 Å². The maximum Gasteiger partial charge on any atom is 0.0726 e. The lowest BCUT2D eigenvalue weighted by atomic mass is 9.70. The van der Waals surface area contributed by atoms with Gasteiger partial charge in [-0.25, -0.2) is 0 Å². The lowest BCUT2D eigenvalue weighted by Crippen LogP contribution is -2.26. The second-order valence-electron chi connectivity index (χ2n) is 16.8. The Morgan fingerprint density at radius 1 is 0.333 bits per heavy atom. The molecule has 0 fully saturated rings. The lowest BCUT2D eigenvalue weighted by molar-refractivity contribution is 0.794. The highest BCUT2D eigenvalue weighted by Crippen LogP contribution is 2.64. The molecule has 2 aliphatic rings. The molecule has 0 amide bonds. The highest BCUT2D eigenvalue weighted by molar-refractivity contribution is 6.16. The van der Waals surface area contributed by atoms with E-state index in [4.69, 9.17) is 0 Å². The molecular weight excluding hydrogens is 761 g/mol. The van der Waals surface area contributed by atoms with Gasteiger partial charge in [0, 0.05) is 33.4 Å². The van der Waals surface area contributed by atoms with Crippen molar-refractivity contribution in [3.05, 3.63) is 265 Å². The summed E-state index contributed by atoms with van der Waals surface area (Å²) in [5, 5.41) is 2.49. The van der Waals surface area contributed by atoms with Crippen molar-refractivity contribution in [3.63, 3.8) is 0 Å². The molecule has 0 saturated carbocycles. The van der Waals surface area contributed by atoms with E-state index < -0.39 is 5.41 Å². The highest BCUT2D eigenvalue weighted by atomic mass is 15.1. The Morgan fingerprint density at radius 3 is 1.60 bits per heavy atom. The topological polar surface area (TPSA) is 8.17 Å². The van der Waals surface area contributed by atoms with Crippen LogP contribution in [0.4, 0.5) is 17.1 Å². The fourth-order valence-electron chi connectivity index (χ4n) is 11.1. The number of para-hydroxylation sites is 2. The van der Waals surface area contributed by atoms with Crippen molar-refractivity contribution >= 4 is 38.9 Å². The van der Waals surface area contributed by atoms with Gasteiger partial charge in [-0.1, -0.05) is 188 Å². The van der Waals surface area contributed by atoms with E-state index in [0.717, 1.165) is 22.7 Å². The third-order valence-corrected chi connectivity index (χ3v) is 13.6. The Kier molecular flexibility index (Phi) is 7.85. The van der Waals surface area contributed by atoms with Crippen LogP contribution in [0.5, 0.6) is 0 Å². The lowest BCUT2D eigenvalue weighted by Gasteiger charge is -2.32. The van der Waals surface area contributed by atoms with Crippen LogP contribution in [-0.4, -0.2) is 4.57 Å². The molecule has 11 aromatic rings. The van der Waals surface area contributed by atoms with Crippen molar-refractivity contribution in [2.24, 2.45) is 0 Å². The van der Waals surface area contributed by atoms with E-state index in [1.165, 1.54) is 88.6 Å². The number of hydrogen-bond donors (Lipinski definition) is 0. The van der Waals surface area contributed by atoms with Gasteiger partial charge >= 0.3 is 0 Å². The van der Waals surface area contributed by atoms with Gasteiger partial charge in [-0.2, -0.15) is 0 Å². The SMILES string of the molecule is c1ccc(-c2ccc(N(c3cccc(-c4cccc5c4c4ccccc4n5-c4ccccc4)c3)c3cccc4c3-c3ccccc3C43c4ccccc4-c4ccccc43)cc2)cc1. The molecule has 0 aliphatic heterocycles. The summed E-state index contributed by atoms with van der Waals surface area (Å²) in [5.41, 5.74) is 21.7. The molecule has 2 aliphatic carbocycles. The van der Waals surface area contributed by atoms with Crippen LogP contribution in [0.2, 0.25) is 0 Å². The maximum atomic E-state index is 2.49. The zero-order valence-corrected chi connectivity index (χ0v) is 34.5. The second kappa shape index (κ2) is 13.9. The quantitative estimate of drug-likeness (QED) is 0.163. The molecule has 2 heteroatoms. The third-order valence-electron chi connectivity index (χ3n) is 13.6. The molecule has 0 saturated heterocycles. The number of fused-ring (bicyclic) bond motifs is 13. The van der Waals surface area contributed by atoms with Crippen LogP contribution in [0.1, 0.15) is 22.3 Å². The average Bonchev–Trinajstić information content (AvgIpc) is 3.97. The summed E-state index contributed by atoms with van der Waals surface area (Å²) in [6, 6.07) is 89.5. The largest absolute Gasteiger partial charge is 0.310 e. The molecular formula is C61H40N2. The van der Waals surface area contributed by atoms with E-state index in [9.17, 15) is 0 Å². The van der Waals surface area contributed by atoms with E-state index in [1.807, 2.05) is 0 Å². The van der Waals surface area contributed by atoms with Gasteiger partial charge < -0.3 is 9.47 Å². The molecule has 0 atom stereocenters. The Balaban J connectivity index is 1.06. The molecule has 13 rings (SSSR count). The number of hydrogen-bond acceptors (Lipinski definition) is 1. The summed E-state index contributed by atoms with van der Waals surface area (Å²) in [4.78, 5) is 2.49. The van der Waals surface area contributed by atoms with Crippen LogP contribution in [0.25, 0.3) is 72.0 Å². The smallest absolute Gasteiger partial charge is 0.0726 e. The Bertz CT molecular complexity index is 3520. The zero-order valence-electron chi connectivity index (χ0n) is 34.5. The Morgan fingerprint density at radius 2 is 0.857 bits per heavy atom. The minimum absolute atomic E-state index is 0.442. The number of rotatable bonds is 6. The molecule has 294 valence electrons. The molecule has 0 unspecified atom stereocenters. The summed E-state index contributed by atoms with van der Waals surface area (Å²) in [7, 11) is 0. The second-order valence-corrected chi connectivity index (χ2v) is 16.8. The van der Waals surface area contributed by atoms with E-state index in [1.54, 1.807) is 0 Å². The van der Waals surface area contributed by atoms with Gasteiger partial charge in [0.05, 0.1) is 22.1 Å². The van der Waals surface area contributed by atoms with E-state index in [-0.39, 0.29) is 0 Å². The molecule has 0 bridgehead atoms. The van der Waals surface area contributed by atoms with Crippen LogP contribution in [-0.2, 0) is 5.41 Å². The van der Waals surface area contributed by atoms with Crippen LogP contribution in [0, 0.1) is 0 Å². The molecule has 2 nitrogen and oxygen atoms in total. The first-order chi connectivity index (χ1) is 31.3. The molecule has 0 N–H and O–H groups in total. The van der Waals surface area contributed by atoms with Crippen molar-refractivity contribution in [1.82, 2.24) is 4.57 Å². The van der Waals surface area contributed by atoms with Crippen LogP contribution < -0.4 is 4.90 Å². The number of aromatic nitrogens is 1. The first-order valence-electron chi connectivity index (χ1n) is 21.9. The minimum atomic E-state index is -0.442. The van der Waals surface area contributed by atoms with E-state index >= 15 is 0 Å². The van der Waals surface area contributed by atoms with Crippen molar-refractivity contribution in [2.45, 2.75) is 5.41 Å². The monoisotopic (exact) mass is 800 g/mol. The fourth-order valence-corrected chi connectivity index (χ4v) is 11.1. The normalized spacial score (nSPS) is 12.9. The van der Waals surface area contributed by atoms with Crippen LogP contribution in [0.3, 0.4) is 0 Å².